The predicted molar refractivity (Wildman–Crippen MR) is 140 cm³/mol. The van der Waals surface area contributed by atoms with Crippen molar-refractivity contribution in [2.45, 2.75) is 97.0 Å². The molecule has 2 aromatic carbocycles. The number of ether oxygens (including phenoxy) is 1. The van der Waals surface area contributed by atoms with E-state index in [4.69, 9.17) is 4.74 Å². The van der Waals surface area contributed by atoms with Gasteiger partial charge in [0, 0.05) is 12.0 Å². The summed E-state index contributed by atoms with van der Waals surface area (Å²) >= 11 is 0. The van der Waals surface area contributed by atoms with E-state index in [2.05, 4.69) is 16.9 Å². The van der Waals surface area contributed by atoms with Crippen LogP contribution in [0.4, 0.5) is 0 Å². The number of rotatable bonds is 15. The summed E-state index contributed by atoms with van der Waals surface area (Å²) in [4.78, 5) is 33.2. The molecular formula is C29H38N2O4. The molecule has 0 fully saturated rings. The first-order chi connectivity index (χ1) is 17.0. The van der Waals surface area contributed by atoms with Gasteiger partial charge in [-0.3, -0.25) is 4.79 Å². The molecule has 1 N–H and O–H groups in total. The van der Waals surface area contributed by atoms with Crippen molar-refractivity contribution in [1.29, 1.82) is 0 Å². The van der Waals surface area contributed by atoms with Gasteiger partial charge in [-0.2, -0.15) is 0 Å². The highest BCUT2D eigenvalue weighted by molar-refractivity contribution is 6.02. The molecule has 0 aliphatic heterocycles. The molecule has 6 heteroatoms. The van der Waals surface area contributed by atoms with Crippen molar-refractivity contribution in [3.8, 4) is 0 Å². The molecule has 0 aliphatic rings. The minimum atomic E-state index is -1.04. The Morgan fingerprint density at radius 2 is 1.34 bits per heavy atom. The third kappa shape index (κ3) is 7.74. The first-order valence-corrected chi connectivity index (χ1v) is 13.1. The van der Waals surface area contributed by atoms with Crippen LogP contribution >= 0.6 is 0 Å². The van der Waals surface area contributed by atoms with Gasteiger partial charge in [-0.25, -0.2) is 14.8 Å². The molecule has 1 aromatic heterocycles. The average Bonchev–Trinajstić information content (AvgIpc) is 2.85. The van der Waals surface area contributed by atoms with Crippen LogP contribution in [0, 0.1) is 0 Å². The number of carboxylic acid groups (broad SMARTS) is 1. The summed E-state index contributed by atoms with van der Waals surface area (Å²) in [5.41, 5.74) is 2.95. The second kappa shape index (κ2) is 13.8. The lowest BCUT2D eigenvalue weighted by atomic mass is 10.1. The van der Waals surface area contributed by atoms with Gasteiger partial charge in [0.15, 0.2) is 0 Å². The summed E-state index contributed by atoms with van der Waals surface area (Å²) in [6.45, 7) is 4.09. The lowest BCUT2D eigenvalue weighted by Crippen LogP contribution is -2.10. The highest BCUT2D eigenvalue weighted by atomic mass is 16.5. The van der Waals surface area contributed by atoms with Gasteiger partial charge in [0.05, 0.1) is 22.1 Å². The number of nitrogens with zero attached hydrogens (tertiary/aromatic N) is 2. The van der Waals surface area contributed by atoms with Gasteiger partial charge >= 0.3 is 11.9 Å². The number of aromatic nitrogens is 2. The fourth-order valence-electron chi connectivity index (χ4n) is 4.49. The molecule has 0 radical (unpaired) electrons. The maximum Gasteiger partial charge on any atom is 0.337 e. The van der Waals surface area contributed by atoms with Crippen LogP contribution in [0.15, 0.2) is 36.4 Å². The molecule has 1 heterocycles. The molecule has 3 rings (SSSR count). The van der Waals surface area contributed by atoms with Crippen LogP contribution in [-0.2, 0) is 9.53 Å². The summed E-state index contributed by atoms with van der Waals surface area (Å²) in [6, 6.07) is 10.4. The molecule has 35 heavy (non-hydrogen) atoms. The molecular weight excluding hydrogens is 440 g/mol. The van der Waals surface area contributed by atoms with Crippen molar-refractivity contribution in [1.82, 2.24) is 9.97 Å². The van der Waals surface area contributed by atoms with Crippen LogP contribution < -0.4 is 0 Å². The molecule has 0 saturated carbocycles. The van der Waals surface area contributed by atoms with Crippen LogP contribution in [0.3, 0.4) is 0 Å². The van der Waals surface area contributed by atoms with E-state index in [-0.39, 0.29) is 11.5 Å². The second-order valence-electron chi connectivity index (χ2n) is 9.33. The Bertz CT molecular complexity index is 1130. The van der Waals surface area contributed by atoms with E-state index < -0.39 is 12.1 Å². The lowest BCUT2D eigenvalue weighted by Gasteiger charge is -2.15. The van der Waals surface area contributed by atoms with Gasteiger partial charge in [0.2, 0.25) is 0 Å². The first kappa shape index (κ1) is 26.6. The van der Waals surface area contributed by atoms with Crippen molar-refractivity contribution in [2.24, 2.45) is 0 Å². The van der Waals surface area contributed by atoms with Gasteiger partial charge < -0.3 is 9.84 Å². The van der Waals surface area contributed by atoms with Gasteiger partial charge in [-0.1, -0.05) is 89.3 Å². The number of para-hydroxylation sites is 2. The first-order valence-electron chi connectivity index (χ1n) is 13.1. The molecule has 0 bridgehead atoms. The Labute approximate surface area is 208 Å². The highest BCUT2D eigenvalue weighted by Gasteiger charge is 2.18. The van der Waals surface area contributed by atoms with Crippen molar-refractivity contribution < 1.29 is 19.4 Å². The number of carbonyl (C=O) groups excluding carboxylic acids is 1. The van der Waals surface area contributed by atoms with Crippen molar-refractivity contribution >= 4 is 34.0 Å². The Morgan fingerprint density at radius 1 is 0.800 bits per heavy atom. The number of unbranched alkanes of at least 4 members (excludes halogenated alkanes) is 10. The Hall–Kier alpha value is -3.02. The molecule has 3 aromatic rings. The molecule has 0 spiro atoms. The summed E-state index contributed by atoms with van der Waals surface area (Å²) in [7, 11) is 0. The fourth-order valence-corrected chi connectivity index (χ4v) is 4.49. The van der Waals surface area contributed by atoms with Crippen LogP contribution in [0.1, 0.15) is 113 Å². The van der Waals surface area contributed by atoms with E-state index in [0.29, 0.717) is 28.5 Å². The zero-order valence-electron chi connectivity index (χ0n) is 21.1. The summed E-state index contributed by atoms with van der Waals surface area (Å²) < 4.78 is 5.71. The number of carboxylic acids is 1. The zero-order chi connectivity index (χ0) is 25.0. The Morgan fingerprint density at radius 3 is 1.97 bits per heavy atom. The summed E-state index contributed by atoms with van der Waals surface area (Å²) in [5.74, 6) is -1.24. The molecule has 0 aliphatic carbocycles. The predicted octanol–water partition coefficient (Wildman–Crippen LogP) is 7.79. The molecule has 0 saturated heterocycles. The van der Waals surface area contributed by atoms with Crippen LogP contribution in [0.25, 0.3) is 22.1 Å². The second-order valence-corrected chi connectivity index (χ2v) is 9.33. The van der Waals surface area contributed by atoms with Gasteiger partial charge in [0.1, 0.15) is 11.6 Å². The maximum absolute atomic E-state index is 12.4. The van der Waals surface area contributed by atoms with E-state index >= 15 is 0 Å². The highest BCUT2D eigenvalue weighted by Crippen LogP contribution is 2.27. The van der Waals surface area contributed by atoms with Crippen molar-refractivity contribution in [2.75, 3.05) is 0 Å². The minimum Gasteiger partial charge on any atom is -0.478 e. The number of aromatic carboxylic acids is 1. The smallest absolute Gasteiger partial charge is 0.337 e. The standard InChI is InChI=1S/C29H38N2O4/c1-3-4-5-6-7-8-9-10-11-12-13-20-26(32)35-21(2)22-16-14-18-24-27(22)30-25-19-15-17-23(29(33)34)28(25)31-24/h14-19,21H,3-13,20H2,1-2H3,(H,33,34). The van der Waals surface area contributed by atoms with E-state index in [9.17, 15) is 14.7 Å². The summed E-state index contributed by atoms with van der Waals surface area (Å²) in [5, 5.41) is 9.45. The monoisotopic (exact) mass is 478 g/mol. The normalized spacial score (nSPS) is 12.2. The van der Waals surface area contributed by atoms with E-state index in [1.807, 2.05) is 19.1 Å². The van der Waals surface area contributed by atoms with Crippen LogP contribution in [0.5, 0.6) is 0 Å². The Kier molecular flexibility index (Phi) is 10.5. The zero-order valence-corrected chi connectivity index (χ0v) is 21.1. The van der Waals surface area contributed by atoms with Crippen LogP contribution in [-0.4, -0.2) is 27.0 Å². The topological polar surface area (TPSA) is 89.4 Å². The van der Waals surface area contributed by atoms with E-state index in [1.54, 1.807) is 18.2 Å². The van der Waals surface area contributed by atoms with Crippen molar-refractivity contribution in [3.63, 3.8) is 0 Å². The van der Waals surface area contributed by atoms with Crippen molar-refractivity contribution in [3.05, 3.63) is 47.5 Å². The fraction of sp³-hybridized carbons (Fsp3) is 0.517. The van der Waals surface area contributed by atoms with E-state index in [1.165, 1.54) is 63.9 Å². The molecule has 1 unspecified atom stereocenters. The van der Waals surface area contributed by atoms with E-state index in [0.717, 1.165) is 18.4 Å². The Balaban J connectivity index is 1.48. The molecule has 0 amide bonds. The van der Waals surface area contributed by atoms with Crippen LogP contribution in [0.2, 0.25) is 0 Å². The number of carbonyl (C=O) groups is 2. The van der Waals surface area contributed by atoms with Gasteiger partial charge in [0.25, 0.3) is 0 Å². The summed E-state index contributed by atoms with van der Waals surface area (Å²) in [6.07, 6.45) is 13.6. The quantitative estimate of drug-likeness (QED) is 0.136. The number of benzene rings is 2. The number of esters is 1. The van der Waals surface area contributed by atoms with Gasteiger partial charge in [-0.05, 0) is 31.5 Å². The minimum absolute atomic E-state index is 0.119. The largest absolute Gasteiger partial charge is 0.478 e. The third-order valence-corrected chi connectivity index (χ3v) is 6.49. The third-order valence-electron chi connectivity index (χ3n) is 6.49. The molecule has 1 atom stereocenters. The number of fused-ring (bicyclic) bond motifs is 2. The molecule has 188 valence electrons. The number of hydrogen-bond acceptors (Lipinski definition) is 5. The van der Waals surface area contributed by atoms with Gasteiger partial charge in [-0.15, -0.1) is 0 Å². The lowest BCUT2D eigenvalue weighted by molar-refractivity contribution is -0.148. The SMILES string of the molecule is CCCCCCCCCCCCCC(=O)OC(C)c1cccc2nc3c(C(=O)O)cccc3nc12. The maximum atomic E-state index is 12.4. The average molecular weight is 479 g/mol. The number of hydrogen-bond donors (Lipinski definition) is 1. The molecule has 6 nitrogen and oxygen atoms in total.